The first-order chi connectivity index (χ1) is 9.11. The van der Waals surface area contributed by atoms with E-state index >= 15 is 0 Å². The van der Waals surface area contributed by atoms with Gasteiger partial charge in [-0.15, -0.1) is 0 Å². The van der Waals surface area contributed by atoms with Gasteiger partial charge in [0.05, 0.1) is 11.1 Å². The first kappa shape index (κ1) is 13.3. The molecule has 0 saturated carbocycles. The summed E-state index contributed by atoms with van der Waals surface area (Å²) < 4.78 is 1.81. The van der Waals surface area contributed by atoms with Crippen LogP contribution in [0.2, 0.25) is 0 Å². The lowest BCUT2D eigenvalue weighted by Crippen LogP contribution is -2.15. The highest BCUT2D eigenvalue weighted by molar-refractivity contribution is 7.16. The molecule has 19 heavy (non-hydrogen) atoms. The van der Waals surface area contributed by atoms with Gasteiger partial charge in [0.25, 0.3) is 5.91 Å². The molecule has 0 fully saturated rings. The van der Waals surface area contributed by atoms with E-state index in [2.05, 4.69) is 22.1 Å². The van der Waals surface area contributed by atoms with Crippen molar-refractivity contribution in [1.82, 2.24) is 9.55 Å². The van der Waals surface area contributed by atoms with Crippen LogP contribution < -0.4 is 5.32 Å². The zero-order chi connectivity index (χ0) is 13.8. The minimum absolute atomic E-state index is 0.192. The molecule has 0 saturated heterocycles. The molecular formula is C13H13N3O2S. The molecule has 0 aliphatic heterocycles. The van der Waals surface area contributed by atoms with Crippen LogP contribution in [0.4, 0.5) is 5.13 Å². The zero-order valence-corrected chi connectivity index (χ0v) is 11.4. The fourth-order valence-electron chi connectivity index (χ4n) is 1.52. The van der Waals surface area contributed by atoms with Gasteiger partial charge in [0.15, 0.2) is 5.13 Å². The fourth-order valence-corrected chi connectivity index (χ4v) is 2.20. The summed E-state index contributed by atoms with van der Waals surface area (Å²) in [6.45, 7) is 1.74. The predicted octanol–water partition coefficient (Wildman–Crippen LogP) is 1.39. The van der Waals surface area contributed by atoms with Crippen molar-refractivity contribution in [2.24, 2.45) is 7.05 Å². The molecule has 2 rings (SSSR count). The van der Waals surface area contributed by atoms with Gasteiger partial charge in [0.2, 0.25) is 0 Å². The highest BCUT2D eigenvalue weighted by Gasteiger charge is 2.12. The van der Waals surface area contributed by atoms with E-state index in [-0.39, 0.29) is 12.5 Å². The number of anilines is 1. The number of carbonyl (C=O) groups excluding carboxylic acids is 1. The van der Waals surface area contributed by atoms with Gasteiger partial charge in [-0.1, -0.05) is 23.2 Å². The third-order valence-electron chi connectivity index (χ3n) is 2.62. The molecular weight excluding hydrogens is 262 g/mol. The third kappa shape index (κ3) is 3.02. The van der Waals surface area contributed by atoms with E-state index in [1.165, 1.54) is 11.3 Å². The van der Waals surface area contributed by atoms with Gasteiger partial charge in [-0.3, -0.25) is 10.1 Å². The summed E-state index contributed by atoms with van der Waals surface area (Å²) in [6, 6.07) is 3.65. The first-order valence-electron chi connectivity index (χ1n) is 5.61. The van der Waals surface area contributed by atoms with Crippen LogP contribution in [0.15, 0.2) is 18.3 Å². The van der Waals surface area contributed by atoms with Crippen LogP contribution in [0.25, 0.3) is 0 Å². The van der Waals surface area contributed by atoms with Gasteiger partial charge in [0.1, 0.15) is 12.3 Å². The lowest BCUT2D eigenvalue weighted by Gasteiger charge is -2.04. The summed E-state index contributed by atoms with van der Waals surface area (Å²) in [5.74, 6) is 5.08. The minimum Gasteiger partial charge on any atom is -0.384 e. The average molecular weight is 275 g/mol. The summed E-state index contributed by atoms with van der Waals surface area (Å²) >= 11 is 1.27. The average Bonchev–Trinajstić information content (AvgIpc) is 2.95. The normalized spacial score (nSPS) is 9.84. The van der Waals surface area contributed by atoms with E-state index in [0.29, 0.717) is 15.7 Å². The highest BCUT2D eigenvalue weighted by atomic mass is 32.1. The van der Waals surface area contributed by atoms with Gasteiger partial charge in [-0.25, -0.2) is 4.98 Å². The second kappa shape index (κ2) is 5.69. The number of nitrogens with zero attached hydrogens (tertiary/aromatic N) is 2. The topological polar surface area (TPSA) is 67.2 Å². The SMILES string of the molecule is Cc1ccc(C(=O)Nc2ncc(C#CCO)s2)n1C. The van der Waals surface area contributed by atoms with Crippen LogP contribution in [-0.4, -0.2) is 27.2 Å². The quantitative estimate of drug-likeness (QED) is 0.814. The number of nitrogens with one attached hydrogen (secondary N) is 1. The molecule has 0 aromatic carbocycles. The Labute approximate surface area is 114 Å². The molecule has 0 aliphatic rings. The van der Waals surface area contributed by atoms with Gasteiger partial charge < -0.3 is 9.67 Å². The molecule has 2 aromatic rings. The number of hydrogen-bond acceptors (Lipinski definition) is 4. The number of amides is 1. The van der Waals surface area contributed by atoms with E-state index in [9.17, 15) is 4.79 Å². The van der Waals surface area contributed by atoms with Crippen LogP contribution in [0.1, 0.15) is 21.1 Å². The van der Waals surface area contributed by atoms with Crippen LogP contribution in [0, 0.1) is 18.8 Å². The largest absolute Gasteiger partial charge is 0.384 e. The Morgan fingerprint density at radius 2 is 2.37 bits per heavy atom. The van der Waals surface area contributed by atoms with E-state index in [1.54, 1.807) is 12.3 Å². The molecule has 0 unspecified atom stereocenters. The number of rotatable bonds is 2. The van der Waals surface area contributed by atoms with Crippen LogP contribution in [-0.2, 0) is 7.05 Å². The molecule has 0 radical (unpaired) electrons. The van der Waals surface area contributed by atoms with E-state index in [1.807, 2.05) is 24.6 Å². The Kier molecular flexibility index (Phi) is 4.00. The fraction of sp³-hybridized carbons (Fsp3) is 0.231. The molecule has 0 spiro atoms. The van der Waals surface area contributed by atoms with Crippen molar-refractivity contribution in [2.75, 3.05) is 11.9 Å². The number of carbonyl (C=O) groups is 1. The molecule has 6 heteroatoms. The number of thiazole rings is 1. The molecule has 2 heterocycles. The Balaban J connectivity index is 2.11. The standard InChI is InChI=1S/C13H13N3O2S/c1-9-5-6-11(16(9)2)12(18)15-13-14-8-10(19-13)4-3-7-17/h5-6,8,17H,7H2,1-2H3,(H,14,15,18). The van der Waals surface area contributed by atoms with Crippen molar-refractivity contribution in [3.8, 4) is 11.8 Å². The van der Waals surface area contributed by atoms with Crippen molar-refractivity contribution >= 4 is 22.4 Å². The number of hydrogen-bond donors (Lipinski definition) is 2. The number of aliphatic hydroxyl groups excluding tert-OH is 1. The van der Waals surface area contributed by atoms with E-state index in [4.69, 9.17) is 5.11 Å². The summed E-state index contributed by atoms with van der Waals surface area (Å²) in [7, 11) is 1.84. The van der Waals surface area contributed by atoms with Gasteiger partial charge >= 0.3 is 0 Å². The second-order valence-electron chi connectivity index (χ2n) is 3.86. The molecule has 2 N–H and O–H groups in total. The van der Waals surface area contributed by atoms with Crippen LogP contribution in [0.3, 0.4) is 0 Å². The van der Waals surface area contributed by atoms with E-state index < -0.39 is 0 Å². The Hall–Kier alpha value is -2.10. The molecule has 0 bridgehead atoms. The smallest absolute Gasteiger partial charge is 0.274 e. The summed E-state index contributed by atoms with van der Waals surface area (Å²) in [5.41, 5.74) is 1.59. The van der Waals surface area contributed by atoms with Gasteiger partial charge in [-0.2, -0.15) is 0 Å². The van der Waals surface area contributed by atoms with Gasteiger partial charge in [-0.05, 0) is 19.1 Å². The Morgan fingerprint density at radius 1 is 1.58 bits per heavy atom. The summed E-state index contributed by atoms with van der Waals surface area (Å²) in [4.78, 5) is 16.8. The van der Waals surface area contributed by atoms with Crippen molar-refractivity contribution in [1.29, 1.82) is 0 Å². The molecule has 0 atom stereocenters. The first-order valence-corrected chi connectivity index (χ1v) is 6.42. The Bertz CT molecular complexity index is 661. The lowest BCUT2D eigenvalue weighted by atomic mass is 10.4. The van der Waals surface area contributed by atoms with Crippen LogP contribution >= 0.6 is 11.3 Å². The minimum atomic E-state index is -0.202. The monoisotopic (exact) mass is 275 g/mol. The number of aliphatic hydroxyl groups is 1. The maximum Gasteiger partial charge on any atom is 0.274 e. The van der Waals surface area contributed by atoms with Crippen molar-refractivity contribution in [2.45, 2.75) is 6.92 Å². The van der Waals surface area contributed by atoms with Crippen molar-refractivity contribution < 1.29 is 9.90 Å². The maximum absolute atomic E-state index is 12.0. The highest BCUT2D eigenvalue weighted by Crippen LogP contribution is 2.18. The zero-order valence-electron chi connectivity index (χ0n) is 10.6. The molecule has 5 nitrogen and oxygen atoms in total. The third-order valence-corrected chi connectivity index (χ3v) is 3.45. The van der Waals surface area contributed by atoms with Crippen molar-refractivity contribution in [3.05, 3.63) is 34.6 Å². The number of aromatic nitrogens is 2. The molecule has 1 amide bonds. The predicted molar refractivity (Wildman–Crippen MR) is 74.2 cm³/mol. The number of aryl methyl sites for hydroxylation is 1. The van der Waals surface area contributed by atoms with Crippen LogP contribution in [0.5, 0.6) is 0 Å². The summed E-state index contributed by atoms with van der Waals surface area (Å²) in [5, 5.41) is 11.8. The van der Waals surface area contributed by atoms with Crippen molar-refractivity contribution in [3.63, 3.8) is 0 Å². The maximum atomic E-state index is 12.0. The second-order valence-corrected chi connectivity index (χ2v) is 4.89. The lowest BCUT2D eigenvalue weighted by molar-refractivity contribution is 0.101. The molecule has 2 aromatic heterocycles. The molecule has 98 valence electrons. The van der Waals surface area contributed by atoms with E-state index in [0.717, 1.165) is 5.69 Å². The summed E-state index contributed by atoms with van der Waals surface area (Å²) in [6.07, 6.45) is 1.57. The van der Waals surface area contributed by atoms with Gasteiger partial charge in [0, 0.05) is 12.7 Å². The Morgan fingerprint density at radius 3 is 3.00 bits per heavy atom. The molecule has 0 aliphatic carbocycles.